The van der Waals surface area contributed by atoms with Crippen molar-refractivity contribution in [1.29, 1.82) is 0 Å². The summed E-state index contributed by atoms with van der Waals surface area (Å²) in [6, 6.07) is 12.9. The van der Waals surface area contributed by atoms with Crippen LogP contribution in [0.4, 0.5) is 13.2 Å². The highest BCUT2D eigenvalue weighted by Gasteiger charge is 2.45. The Kier molecular flexibility index (Phi) is 5.95. The summed E-state index contributed by atoms with van der Waals surface area (Å²) in [5, 5.41) is 0.564. The maximum Gasteiger partial charge on any atom is 0.419 e. The molecule has 3 aromatic rings. The molecule has 5 rings (SSSR count). The van der Waals surface area contributed by atoms with E-state index in [9.17, 15) is 18.0 Å². The van der Waals surface area contributed by atoms with Gasteiger partial charge in [-0.25, -0.2) is 0 Å². The van der Waals surface area contributed by atoms with Gasteiger partial charge in [0.25, 0.3) is 5.91 Å². The van der Waals surface area contributed by atoms with E-state index in [1.54, 1.807) is 17.0 Å². The molecule has 0 aliphatic carbocycles. The molecule has 0 atom stereocenters. The van der Waals surface area contributed by atoms with Gasteiger partial charge in [0, 0.05) is 48.8 Å². The van der Waals surface area contributed by atoms with E-state index in [4.69, 9.17) is 21.1 Å². The molecule has 2 aliphatic rings. The van der Waals surface area contributed by atoms with Gasteiger partial charge in [0.05, 0.1) is 23.6 Å². The average Bonchev–Trinajstić information content (AvgIpc) is 3.33. The van der Waals surface area contributed by atoms with E-state index in [1.807, 2.05) is 31.3 Å². The number of benzene rings is 2. The van der Waals surface area contributed by atoms with Gasteiger partial charge in [0.1, 0.15) is 11.5 Å². The summed E-state index contributed by atoms with van der Waals surface area (Å²) in [7, 11) is 0. The van der Waals surface area contributed by atoms with Crippen molar-refractivity contribution in [3.05, 3.63) is 76.6 Å². The standard InChI is InChI=1S/C26H24ClF3N2O3/c1-2-14-34-21-8-5-17(15-19(21)26(28,29)30)24(33)31-12-9-25(10-13-31)23-4-3-11-32(23)20-7-6-18(27)16-22(20)35-25/h3-8,11,15-16H,2,9-10,12-14H2,1H3. The zero-order chi connectivity index (χ0) is 24.8. The Bertz CT molecular complexity index is 1260. The topological polar surface area (TPSA) is 43.7 Å². The Hall–Kier alpha value is -3.13. The molecular weight excluding hydrogens is 481 g/mol. The molecule has 9 heteroatoms. The molecule has 0 saturated carbocycles. The fraction of sp³-hybridized carbons (Fsp3) is 0.346. The van der Waals surface area contributed by atoms with Gasteiger partial charge in [0.2, 0.25) is 0 Å². The number of halogens is 4. The fourth-order valence-corrected chi connectivity index (χ4v) is 4.99. The van der Waals surface area contributed by atoms with Crippen LogP contribution in [0, 0.1) is 0 Å². The second-order valence-electron chi connectivity index (χ2n) is 8.82. The molecule has 5 nitrogen and oxygen atoms in total. The van der Waals surface area contributed by atoms with E-state index < -0.39 is 23.2 Å². The number of ether oxygens (including phenoxy) is 2. The van der Waals surface area contributed by atoms with Crippen LogP contribution in [-0.4, -0.2) is 35.1 Å². The number of hydrogen-bond donors (Lipinski definition) is 0. The number of carbonyl (C=O) groups is 1. The summed E-state index contributed by atoms with van der Waals surface area (Å²) in [6.45, 7) is 2.67. The first-order chi connectivity index (χ1) is 16.7. The van der Waals surface area contributed by atoms with E-state index in [2.05, 4.69) is 4.57 Å². The molecule has 0 unspecified atom stereocenters. The summed E-state index contributed by atoms with van der Waals surface area (Å²) < 4.78 is 54.7. The summed E-state index contributed by atoms with van der Waals surface area (Å²) in [5.41, 5.74) is 0.279. The highest BCUT2D eigenvalue weighted by atomic mass is 35.5. The Morgan fingerprint density at radius 3 is 2.63 bits per heavy atom. The van der Waals surface area contributed by atoms with E-state index in [1.165, 1.54) is 12.1 Å². The maximum atomic E-state index is 13.6. The first-order valence-corrected chi connectivity index (χ1v) is 11.9. The molecule has 184 valence electrons. The number of likely N-dealkylation sites (tertiary alicyclic amines) is 1. The van der Waals surface area contributed by atoms with Crippen LogP contribution in [-0.2, 0) is 11.8 Å². The number of rotatable bonds is 4. The third kappa shape index (κ3) is 4.24. The van der Waals surface area contributed by atoms with Crippen molar-refractivity contribution >= 4 is 17.5 Å². The highest BCUT2D eigenvalue weighted by Crippen LogP contribution is 2.46. The smallest absolute Gasteiger partial charge is 0.419 e. The normalized spacial score (nSPS) is 16.4. The number of amides is 1. The van der Waals surface area contributed by atoms with Gasteiger partial charge in [-0.2, -0.15) is 13.2 Å². The zero-order valence-corrected chi connectivity index (χ0v) is 19.8. The summed E-state index contributed by atoms with van der Waals surface area (Å²) in [6.07, 6.45) is -1.08. The molecule has 2 aromatic carbocycles. The molecule has 1 fully saturated rings. The first-order valence-electron chi connectivity index (χ1n) is 11.5. The van der Waals surface area contributed by atoms with Gasteiger partial charge in [-0.1, -0.05) is 18.5 Å². The van der Waals surface area contributed by atoms with E-state index in [0.717, 1.165) is 17.4 Å². The van der Waals surface area contributed by atoms with Crippen LogP contribution in [0.5, 0.6) is 11.5 Å². The van der Waals surface area contributed by atoms with E-state index in [-0.39, 0.29) is 17.9 Å². The fourth-order valence-electron chi connectivity index (χ4n) is 4.83. The Labute approximate surface area is 206 Å². The van der Waals surface area contributed by atoms with Gasteiger partial charge in [-0.3, -0.25) is 4.79 Å². The van der Waals surface area contributed by atoms with Gasteiger partial charge in [-0.05, 0) is 48.9 Å². The molecule has 3 heterocycles. The van der Waals surface area contributed by atoms with E-state index in [0.29, 0.717) is 43.1 Å². The summed E-state index contributed by atoms with van der Waals surface area (Å²) >= 11 is 6.19. The van der Waals surface area contributed by atoms with Crippen molar-refractivity contribution in [3.8, 4) is 17.2 Å². The molecule has 1 saturated heterocycles. The molecule has 35 heavy (non-hydrogen) atoms. The number of fused-ring (bicyclic) bond motifs is 4. The lowest BCUT2D eigenvalue weighted by Gasteiger charge is -2.45. The second-order valence-corrected chi connectivity index (χ2v) is 9.26. The lowest BCUT2D eigenvalue weighted by molar-refractivity contribution is -0.139. The van der Waals surface area contributed by atoms with Gasteiger partial charge >= 0.3 is 6.18 Å². The van der Waals surface area contributed by atoms with Crippen LogP contribution in [0.2, 0.25) is 5.02 Å². The third-order valence-corrected chi connectivity index (χ3v) is 6.79. The molecule has 2 aliphatic heterocycles. The van der Waals surface area contributed by atoms with Crippen LogP contribution < -0.4 is 9.47 Å². The van der Waals surface area contributed by atoms with Crippen molar-refractivity contribution in [3.63, 3.8) is 0 Å². The van der Waals surface area contributed by atoms with Crippen LogP contribution in [0.15, 0.2) is 54.7 Å². The number of piperidine rings is 1. The zero-order valence-electron chi connectivity index (χ0n) is 19.1. The molecule has 1 spiro atoms. The first kappa shape index (κ1) is 23.6. The minimum atomic E-state index is -4.62. The molecule has 0 radical (unpaired) electrons. The van der Waals surface area contributed by atoms with Crippen LogP contribution in [0.3, 0.4) is 0 Å². The predicted octanol–water partition coefficient (Wildman–Crippen LogP) is 6.46. The number of hydrogen-bond acceptors (Lipinski definition) is 3. The number of aromatic nitrogens is 1. The molecular formula is C26H24ClF3N2O3. The monoisotopic (exact) mass is 504 g/mol. The van der Waals surface area contributed by atoms with Crippen LogP contribution in [0.25, 0.3) is 5.69 Å². The predicted molar refractivity (Wildman–Crippen MR) is 125 cm³/mol. The largest absolute Gasteiger partial charge is 0.493 e. The van der Waals surface area contributed by atoms with E-state index >= 15 is 0 Å². The second kappa shape index (κ2) is 8.82. The Balaban J connectivity index is 1.37. The van der Waals surface area contributed by atoms with Crippen molar-refractivity contribution in [2.45, 2.75) is 38.0 Å². The quantitative estimate of drug-likeness (QED) is 0.409. The van der Waals surface area contributed by atoms with Gasteiger partial charge in [0.15, 0.2) is 5.60 Å². The summed E-state index contributed by atoms with van der Waals surface area (Å²) in [4.78, 5) is 14.7. The SMILES string of the molecule is CCCOc1ccc(C(=O)N2CCC3(CC2)Oc2cc(Cl)ccc2-n2cccc23)cc1C(F)(F)F. The van der Waals surface area contributed by atoms with Crippen molar-refractivity contribution in [2.24, 2.45) is 0 Å². The Morgan fingerprint density at radius 2 is 1.91 bits per heavy atom. The minimum absolute atomic E-state index is 0.0119. The third-order valence-electron chi connectivity index (χ3n) is 6.55. The van der Waals surface area contributed by atoms with Crippen molar-refractivity contribution < 1.29 is 27.4 Å². The molecule has 1 aromatic heterocycles. The molecule has 0 bridgehead atoms. The molecule has 1 amide bonds. The van der Waals surface area contributed by atoms with Gasteiger partial charge in [-0.15, -0.1) is 0 Å². The average molecular weight is 505 g/mol. The minimum Gasteiger partial charge on any atom is -0.493 e. The number of alkyl halides is 3. The van der Waals surface area contributed by atoms with Crippen molar-refractivity contribution in [2.75, 3.05) is 19.7 Å². The maximum absolute atomic E-state index is 13.6. The lowest BCUT2D eigenvalue weighted by Crippen LogP contribution is -2.50. The Morgan fingerprint density at radius 1 is 1.14 bits per heavy atom. The number of nitrogens with zero attached hydrogens (tertiary/aromatic N) is 2. The highest BCUT2D eigenvalue weighted by molar-refractivity contribution is 6.30. The van der Waals surface area contributed by atoms with Crippen molar-refractivity contribution in [1.82, 2.24) is 9.47 Å². The number of carbonyl (C=O) groups excluding carboxylic acids is 1. The van der Waals surface area contributed by atoms with Crippen LogP contribution in [0.1, 0.15) is 47.8 Å². The summed E-state index contributed by atoms with van der Waals surface area (Å²) in [5.74, 6) is -0.0392. The molecule has 0 N–H and O–H groups in total. The lowest BCUT2D eigenvalue weighted by atomic mass is 9.86. The van der Waals surface area contributed by atoms with Crippen LogP contribution >= 0.6 is 11.6 Å². The van der Waals surface area contributed by atoms with Gasteiger partial charge < -0.3 is 18.9 Å².